The molecule has 0 spiro atoms. The normalized spacial score (nSPS) is 42.4. The van der Waals surface area contributed by atoms with Gasteiger partial charge in [-0.25, -0.2) is 0 Å². The summed E-state index contributed by atoms with van der Waals surface area (Å²) >= 11 is 0. The van der Waals surface area contributed by atoms with Crippen LogP contribution >= 0.6 is 0 Å². The number of hydrogen-bond acceptors (Lipinski definition) is 4. The van der Waals surface area contributed by atoms with E-state index in [1.165, 1.54) is 69.8 Å². The molecule has 4 saturated carbocycles. The Morgan fingerprint density at radius 2 is 1.71 bits per heavy atom. The van der Waals surface area contributed by atoms with Crippen LogP contribution in [-0.2, 0) is 16.1 Å². The summed E-state index contributed by atoms with van der Waals surface area (Å²) in [4.78, 5) is 12.9. The van der Waals surface area contributed by atoms with Gasteiger partial charge in [-0.1, -0.05) is 76.6 Å². The number of fused-ring (bicyclic) bond motifs is 7. The van der Waals surface area contributed by atoms with Gasteiger partial charge in [0.2, 0.25) is 0 Å². The van der Waals surface area contributed by atoms with Crippen molar-refractivity contribution in [1.29, 1.82) is 0 Å². The summed E-state index contributed by atoms with van der Waals surface area (Å²) in [7, 11) is 0. The van der Waals surface area contributed by atoms with Crippen LogP contribution in [0, 0.1) is 51.8 Å². The van der Waals surface area contributed by atoms with Gasteiger partial charge >= 0.3 is 5.97 Å². The van der Waals surface area contributed by atoms with Gasteiger partial charge in [-0.15, -0.1) is 0 Å². The van der Waals surface area contributed by atoms with Crippen LogP contribution in [0.1, 0.15) is 137 Å². The molecule has 6 aliphatic rings. The Hall–Kier alpha value is -1.91. The van der Waals surface area contributed by atoms with Crippen molar-refractivity contribution in [3.05, 3.63) is 59.2 Å². The van der Waals surface area contributed by atoms with E-state index in [9.17, 15) is 9.90 Å². The summed E-state index contributed by atoms with van der Waals surface area (Å²) in [6, 6.07) is 10.0. The molecule has 4 fully saturated rings. The van der Waals surface area contributed by atoms with E-state index in [0.717, 1.165) is 61.5 Å². The fraction of sp³-hybridized carbons (Fsp3) is 0.750. The number of rotatable bonds is 8. The molecule has 4 nitrogen and oxygen atoms in total. The third kappa shape index (κ3) is 5.77. The number of ether oxygens (including phenoxy) is 1. The van der Waals surface area contributed by atoms with Crippen LogP contribution in [-0.4, -0.2) is 28.8 Å². The molecule has 6 aliphatic carbocycles. The summed E-state index contributed by atoms with van der Waals surface area (Å²) < 4.78 is 5.72. The van der Waals surface area contributed by atoms with Gasteiger partial charge in [-0.05, 0) is 166 Å². The minimum Gasteiger partial charge on any atom is -0.461 e. The smallest absolute Gasteiger partial charge is 0.309 e. The zero-order valence-electron chi connectivity index (χ0n) is 31.1. The molecule has 1 aromatic carbocycles. The molecule has 48 heavy (non-hydrogen) atoms. The van der Waals surface area contributed by atoms with E-state index in [4.69, 9.17) is 4.74 Å². The number of allylic oxidation sites excluding steroid dienone is 4. The number of carbonyl (C=O) groups is 1. The van der Waals surface area contributed by atoms with Crippen molar-refractivity contribution >= 4 is 5.97 Å². The van der Waals surface area contributed by atoms with E-state index in [1.54, 1.807) is 5.57 Å². The number of carbonyl (C=O) groups excluding carboxylic acids is 1. The van der Waals surface area contributed by atoms with Crippen molar-refractivity contribution in [2.75, 3.05) is 6.54 Å². The maximum Gasteiger partial charge on any atom is 0.309 e. The monoisotopic (exact) mass is 655 g/mol. The Bertz CT molecular complexity index is 1410. The SMILES string of the molecule is CC1C(C2=CC[C@H](C(=O)OCc3ccccc3)CC2)=CC[C@@]2(C)C1CC[C@]1(C)C2CC[C@@H]2[C@H]3CCC[C@]3(NCCC(C)(C)O)CC[C@]21C. The van der Waals surface area contributed by atoms with Gasteiger partial charge in [-0.3, -0.25) is 4.79 Å². The van der Waals surface area contributed by atoms with Gasteiger partial charge in [0.05, 0.1) is 11.5 Å². The lowest BCUT2D eigenvalue weighted by Gasteiger charge is -2.71. The van der Waals surface area contributed by atoms with Crippen molar-refractivity contribution in [2.45, 2.75) is 149 Å². The van der Waals surface area contributed by atoms with Crippen LogP contribution in [0.4, 0.5) is 0 Å². The van der Waals surface area contributed by atoms with Crippen LogP contribution in [0.3, 0.4) is 0 Å². The fourth-order valence-electron chi connectivity index (χ4n) is 13.3. The molecule has 0 aromatic heterocycles. The molecule has 4 heteroatoms. The first kappa shape index (κ1) is 34.5. The average Bonchev–Trinajstić information content (AvgIpc) is 3.48. The molecule has 1 aromatic rings. The molecular weight excluding hydrogens is 590 g/mol. The molecule has 7 rings (SSSR count). The summed E-state index contributed by atoms with van der Waals surface area (Å²) in [5.41, 5.74) is 5.03. The second-order valence-electron chi connectivity index (χ2n) is 18.8. The highest BCUT2D eigenvalue weighted by Gasteiger charge is 2.68. The van der Waals surface area contributed by atoms with Gasteiger partial charge in [0.25, 0.3) is 0 Å². The molecule has 0 heterocycles. The first-order chi connectivity index (χ1) is 22.8. The summed E-state index contributed by atoms with van der Waals surface area (Å²) in [5.74, 6) is 3.66. The van der Waals surface area contributed by atoms with E-state index in [0.29, 0.717) is 34.3 Å². The minimum atomic E-state index is -0.599. The molecule has 10 atom stereocenters. The predicted molar refractivity (Wildman–Crippen MR) is 195 cm³/mol. The lowest BCUT2D eigenvalue weighted by molar-refractivity contribution is -0.212. The third-order valence-electron chi connectivity index (χ3n) is 16.1. The van der Waals surface area contributed by atoms with Gasteiger partial charge in [-0.2, -0.15) is 0 Å². The Kier molecular flexibility index (Phi) is 9.13. The lowest BCUT2D eigenvalue weighted by atomic mass is 9.34. The number of nitrogens with one attached hydrogen (secondary N) is 1. The first-order valence-corrected chi connectivity index (χ1v) is 19.9. The lowest BCUT2D eigenvalue weighted by Crippen LogP contribution is -2.67. The van der Waals surface area contributed by atoms with Crippen LogP contribution in [0.15, 0.2) is 53.6 Å². The second-order valence-corrected chi connectivity index (χ2v) is 18.8. The van der Waals surface area contributed by atoms with Crippen LogP contribution in [0.2, 0.25) is 0 Å². The van der Waals surface area contributed by atoms with E-state index in [1.807, 2.05) is 44.2 Å². The van der Waals surface area contributed by atoms with Crippen molar-refractivity contribution < 1.29 is 14.6 Å². The summed E-state index contributed by atoms with van der Waals surface area (Å²) in [5, 5.41) is 14.5. The second kappa shape index (κ2) is 12.7. The molecular formula is C44H65NO3. The van der Waals surface area contributed by atoms with Crippen LogP contribution < -0.4 is 5.32 Å². The Balaban J connectivity index is 1.04. The number of aliphatic hydroxyl groups is 1. The standard InChI is InChI=1S/C44H65NO3/c1-30-34(32-14-16-33(17-15-32)39(46)48-29-31-11-8-7-9-12-31)20-23-41(4)35(30)21-24-43(6)38(41)19-18-36-37-13-10-22-44(37,26-25-42(36,43)5)45-28-27-40(2,3)47/h7-9,11-12,14,20,30,33,35-38,45,47H,10,13,15-19,21-29H2,1-6H3/t30?,33-,35?,36+,37+,38?,41-,42+,43+,44-/m0/s1. The number of benzene rings is 1. The highest BCUT2D eigenvalue weighted by atomic mass is 16.5. The minimum absolute atomic E-state index is 0.0145. The Morgan fingerprint density at radius 3 is 2.44 bits per heavy atom. The fourth-order valence-corrected chi connectivity index (χ4v) is 13.3. The Labute approximate surface area is 292 Å². The zero-order chi connectivity index (χ0) is 34.0. The summed E-state index contributed by atoms with van der Waals surface area (Å²) in [6.07, 6.45) is 22.1. The molecule has 2 N–H and O–H groups in total. The maximum atomic E-state index is 12.9. The van der Waals surface area contributed by atoms with Crippen molar-refractivity contribution in [3.63, 3.8) is 0 Å². The maximum absolute atomic E-state index is 12.9. The van der Waals surface area contributed by atoms with E-state index >= 15 is 0 Å². The largest absolute Gasteiger partial charge is 0.461 e. The molecule has 3 unspecified atom stereocenters. The topological polar surface area (TPSA) is 58.6 Å². The quantitative estimate of drug-likeness (QED) is 0.274. The predicted octanol–water partition coefficient (Wildman–Crippen LogP) is 9.96. The van der Waals surface area contributed by atoms with Crippen LogP contribution in [0.5, 0.6) is 0 Å². The highest BCUT2D eigenvalue weighted by molar-refractivity contribution is 5.73. The van der Waals surface area contributed by atoms with E-state index in [-0.39, 0.29) is 11.9 Å². The van der Waals surface area contributed by atoms with Gasteiger partial charge in [0, 0.05) is 5.54 Å². The molecule has 0 amide bonds. The third-order valence-corrected chi connectivity index (χ3v) is 16.1. The average molecular weight is 656 g/mol. The molecule has 264 valence electrons. The highest BCUT2D eigenvalue weighted by Crippen LogP contribution is 2.75. The van der Waals surface area contributed by atoms with Crippen LogP contribution in [0.25, 0.3) is 0 Å². The molecule has 0 saturated heterocycles. The van der Waals surface area contributed by atoms with Gasteiger partial charge < -0.3 is 15.2 Å². The van der Waals surface area contributed by atoms with Crippen molar-refractivity contribution in [2.24, 2.45) is 51.8 Å². The van der Waals surface area contributed by atoms with Gasteiger partial charge in [0.1, 0.15) is 6.61 Å². The van der Waals surface area contributed by atoms with Gasteiger partial charge in [0.15, 0.2) is 0 Å². The molecule has 0 radical (unpaired) electrons. The Morgan fingerprint density at radius 1 is 0.917 bits per heavy atom. The van der Waals surface area contributed by atoms with E-state index < -0.39 is 5.60 Å². The molecule has 0 aliphatic heterocycles. The van der Waals surface area contributed by atoms with E-state index in [2.05, 4.69) is 45.2 Å². The molecule has 0 bridgehead atoms. The first-order valence-electron chi connectivity index (χ1n) is 19.9. The summed E-state index contributed by atoms with van der Waals surface area (Å²) in [6.45, 7) is 15.9. The number of esters is 1. The van der Waals surface area contributed by atoms with Crippen molar-refractivity contribution in [1.82, 2.24) is 5.32 Å². The zero-order valence-corrected chi connectivity index (χ0v) is 31.1. The number of hydrogen-bond donors (Lipinski definition) is 2. The van der Waals surface area contributed by atoms with Crippen molar-refractivity contribution in [3.8, 4) is 0 Å².